The van der Waals surface area contributed by atoms with Crippen molar-refractivity contribution in [3.05, 3.63) is 53.8 Å². The smallest absolute Gasteiger partial charge is 0.164 e. The third-order valence-corrected chi connectivity index (χ3v) is 4.29. The molecule has 2 heteroatoms. The molecule has 1 heterocycles. The van der Waals surface area contributed by atoms with Crippen molar-refractivity contribution in [1.29, 1.82) is 0 Å². The van der Waals surface area contributed by atoms with Crippen LogP contribution in [0, 0.1) is 0 Å². The van der Waals surface area contributed by atoms with Gasteiger partial charge < -0.3 is 0 Å². The first kappa shape index (κ1) is 10.4. The Labute approximate surface area is 101 Å². The van der Waals surface area contributed by atoms with E-state index in [1.54, 1.807) is 6.92 Å². The molecule has 0 saturated heterocycles. The van der Waals surface area contributed by atoms with E-state index in [1.807, 2.05) is 12.1 Å². The lowest BCUT2D eigenvalue weighted by Crippen LogP contribution is -1.87. The molecule has 2 aromatic carbocycles. The average molecular weight is 238 g/mol. The quantitative estimate of drug-likeness (QED) is 0.440. The first-order valence-electron chi connectivity index (χ1n) is 5.55. The number of carbonyl (C=O) groups excluding carboxylic acids is 1. The lowest BCUT2D eigenvalue weighted by atomic mass is 10.1. The van der Waals surface area contributed by atoms with Crippen molar-refractivity contribution in [1.82, 2.24) is 0 Å². The number of ketones is 1. The molecule has 17 heavy (non-hydrogen) atoms. The van der Waals surface area contributed by atoms with Crippen LogP contribution in [0.4, 0.5) is 0 Å². The molecule has 82 valence electrons. The molecule has 0 unspecified atom stereocenters. The molecule has 0 bridgehead atoms. The summed E-state index contributed by atoms with van der Waals surface area (Å²) in [6.45, 7) is 1.62. The van der Waals surface area contributed by atoms with Gasteiger partial charge in [-0.2, -0.15) is 0 Å². The van der Waals surface area contributed by atoms with Crippen molar-refractivity contribution < 1.29 is 4.79 Å². The monoisotopic (exact) mass is 238 g/mol. The third kappa shape index (κ3) is 1.73. The van der Waals surface area contributed by atoms with Gasteiger partial charge >= 0.3 is 0 Å². The summed E-state index contributed by atoms with van der Waals surface area (Å²) in [5.41, 5.74) is 0. The van der Waals surface area contributed by atoms with Crippen LogP contribution in [0.25, 0.3) is 21.3 Å². The maximum Gasteiger partial charge on any atom is 0.164 e. The SMILES string of the molecule is CC(=O)c1ccc2c(ccc3ccccc32)p1. The standard InChI is InChI=1S/C15H11OP/c1-10(16)14-9-7-13-12-5-3-2-4-11(12)6-8-15(13)17-14/h2-9H,1H3. The van der Waals surface area contributed by atoms with E-state index in [2.05, 4.69) is 36.4 Å². The Morgan fingerprint density at radius 1 is 0.941 bits per heavy atom. The molecule has 1 nitrogen and oxygen atoms in total. The lowest BCUT2D eigenvalue weighted by molar-refractivity contribution is 0.102. The Morgan fingerprint density at radius 2 is 1.76 bits per heavy atom. The molecule has 3 aromatic rings. The van der Waals surface area contributed by atoms with Gasteiger partial charge in [0.15, 0.2) is 5.78 Å². The first-order chi connectivity index (χ1) is 8.25. The second-order valence-electron chi connectivity index (χ2n) is 4.11. The normalized spacial score (nSPS) is 11.4. The number of benzene rings is 2. The largest absolute Gasteiger partial charge is 0.294 e. The minimum atomic E-state index is 0.154. The molecule has 1 aromatic heterocycles. The zero-order valence-corrected chi connectivity index (χ0v) is 10.4. The van der Waals surface area contributed by atoms with Gasteiger partial charge in [-0.3, -0.25) is 4.79 Å². The summed E-state index contributed by atoms with van der Waals surface area (Å²) < 4.78 is 0. The van der Waals surface area contributed by atoms with Gasteiger partial charge in [-0.25, -0.2) is 0 Å². The van der Waals surface area contributed by atoms with Crippen LogP contribution >= 0.6 is 8.19 Å². The fraction of sp³-hybridized carbons (Fsp3) is 0.0667. The molecule has 0 saturated carbocycles. The van der Waals surface area contributed by atoms with Gasteiger partial charge in [0.05, 0.1) is 0 Å². The highest BCUT2D eigenvalue weighted by Crippen LogP contribution is 2.32. The molecule has 0 spiro atoms. The molecule has 0 amide bonds. The zero-order valence-electron chi connectivity index (χ0n) is 9.47. The predicted octanol–water partition coefficient (Wildman–Crippen LogP) is 4.78. The lowest BCUT2D eigenvalue weighted by Gasteiger charge is -2.04. The topological polar surface area (TPSA) is 17.1 Å². The van der Waals surface area contributed by atoms with Gasteiger partial charge in [0.1, 0.15) is 0 Å². The number of hydrogen-bond donors (Lipinski definition) is 0. The van der Waals surface area contributed by atoms with Crippen LogP contribution in [-0.2, 0) is 0 Å². The van der Waals surface area contributed by atoms with Crippen LogP contribution < -0.4 is 0 Å². The highest BCUT2D eigenvalue weighted by molar-refractivity contribution is 7.39. The van der Waals surface area contributed by atoms with Gasteiger partial charge in [-0.05, 0) is 35.2 Å². The van der Waals surface area contributed by atoms with Crippen LogP contribution in [0.2, 0.25) is 0 Å². The first-order valence-corrected chi connectivity index (χ1v) is 6.44. The summed E-state index contributed by atoms with van der Waals surface area (Å²) in [5, 5.41) is 5.84. The van der Waals surface area contributed by atoms with E-state index in [0.29, 0.717) is 0 Å². The second-order valence-corrected chi connectivity index (χ2v) is 5.29. The predicted molar refractivity (Wildman–Crippen MR) is 74.0 cm³/mol. The molecule has 0 fully saturated rings. The summed E-state index contributed by atoms with van der Waals surface area (Å²) >= 11 is 0. The third-order valence-electron chi connectivity index (χ3n) is 2.96. The van der Waals surface area contributed by atoms with Gasteiger partial charge in [0, 0.05) is 10.4 Å². The van der Waals surface area contributed by atoms with Crippen molar-refractivity contribution in [3.8, 4) is 0 Å². The van der Waals surface area contributed by atoms with E-state index in [0.717, 1.165) is 13.5 Å². The van der Waals surface area contributed by atoms with E-state index >= 15 is 0 Å². The molecule has 0 aliphatic rings. The fourth-order valence-electron chi connectivity index (χ4n) is 2.08. The zero-order chi connectivity index (χ0) is 11.8. The van der Waals surface area contributed by atoms with Gasteiger partial charge in [-0.15, -0.1) is 0 Å². The molecule has 0 atom stereocenters. The van der Waals surface area contributed by atoms with E-state index in [1.165, 1.54) is 21.3 Å². The van der Waals surface area contributed by atoms with Crippen molar-refractivity contribution in [2.45, 2.75) is 6.92 Å². The molecule has 0 N–H and O–H groups in total. The number of hydrogen-bond acceptors (Lipinski definition) is 1. The van der Waals surface area contributed by atoms with E-state index in [-0.39, 0.29) is 5.78 Å². The molecule has 3 rings (SSSR count). The maximum absolute atomic E-state index is 11.4. The summed E-state index contributed by atoms with van der Waals surface area (Å²) in [7, 11) is 1.02. The van der Waals surface area contributed by atoms with Crippen molar-refractivity contribution in [2.24, 2.45) is 0 Å². The van der Waals surface area contributed by atoms with Gasteiger partial charge in [0.2, 0.25) is 0 Å². The average Bonchev–Trinajstić information content (AvgIpc) is 2.38. The Bertz CT molecular complexity index is 731. The van der Waals surface area contributed by atoms with Crippen LogP contribution in [0.15, 0.2) is 48.5 Å². The Balaban J connectivity index is 2.41. The van der Waals surface area contributed by atoms with Crippen molar-refractivity contribution in [3.63, 3.8) is 0 Å². The van der Waals surface area contributed by atoms with Crippen LogP contribution in [0.1, 0.15) is 17.0 Å². The fourth-order valence-corrected chi connectivity index (χ4v) is 3.11. The molecular weight excluding hydrogens is 227 g/mol. The number of carbonyl (C=O) groups is 1. The minimum Gasteiger partial charge on any atom is -0.294 e. The Kier molecular flexibility index (Phi) is 2.42. The van der Waals surface area contributed by atoms with Gasteiger partial charge in [0.25, 0.3) is 0 Å². The van der Waals surface area contributed by atoms with Crippen molar-refractivity contribution >= 4 is 35.3 Å². The van der Waals surface area contributed by atoms with E-state index < -0.39 is 0 Å². The summed E-state index contributed by atoms with van der Waals surface area (Å²) in [6, 6.07) is 16.6. The summed E-state index contributed by atoms with van der Waals surface area (Å²) in [6.07, 6.45) is 0. The number of rotatable bonds is 1. The second kappa shape index (κ2) is 3.94. The number of Topliss-reactive ketones (excluding diaryl/α,β-unsaturated/α-hetero) is 1. The van der Waals surface area contributed by atoms with Crippen molar-refractivity contribution in [2.75, 3.05) is 0 Å². The molecule has 0 aliphatic carbocycles. The number of fused-ring (bicyclic) bond motifs is 3. The van der Waals surface area contributed by atoms with Crippen LogP contribution in [0.3, 0.4) is 0 Å². The summed E-state index contributed by atoms with van der Waals surface area (Å²) in [5.74, 6) is 0.154. The Hall–Kier alpha value is -1.72. The highest BCUT2D eigenvalue weighted by atomic mass is 31.0. The Morgan fingerprint density at radius 3 is 2.59 bits per heavy atom. The van der Waals surface area contributed by atoms with Gasteiger partial charge in [-0.1, -0.05) is 44.6 Å². The minimum absolute atomic E-state index is 0.154. The molecule has 0 radical (unpaired) electrons. The summed E-state index contributed by atoms with van der Waals surface area (Å²) in [4.78, 5) is 11.4. The molecule has 0 aliphatic heterocycles. The van der Waals surface area contributed by atoms with E-state index in [9.17, 15) is 4.79 Å². The highest BCUT2D eigenvalue weighted by Gasteiger charge is 2.04. The van der Waals surface area contributed by atoms with Crippen LogP contribution in [0.5, 0.6) is 0 Å². The maximum atomic E-state index is 11.4. The molecular formula is C15H11OP. The van der Waals surface area contributed by atoms with Crippen LogP contribution in [-0.4, -0.2) is 5.78 Å². The van der Waals surface area contributed by atoms with E-state index in [4.69, 9.17) is 0 Å².